The van der Waals surface area contributed by atoms with Crippen LogP contribution >= 0.6 is 0 Å². The first-order valence-electron chi connectivity index (χ1n) is 5.62. The van der Waals surface area contributed by atoms with Crippen LogP contribution in [0.1, 0.15) is 18.4 Å². The molecule has 1 aromatic carbocycles. The molecule has 5 N–H and O–H groups in total. The lowest BCUT2D eigenvalue weighted by molar-refractivity contribution is -0.137. The number of carbonyl (C=O) groups excluding carboxylic acids is 1. The number of nitrogens with two attached hydrogens (primary N) is 1. The molecule has 2 amide bonds. The topological polar surface area (TPSA) is 104 Å². The molecular formula is C12H17N3O3. The maximum atomic E-state index is 11.5. The molecule has 0 saturated heterocycles. The van der Waals surface area contributed by atoms with E-state index in [1.54, 1.807) is 12.1 Å². The van der Waals surface area contributed by atoms with E-state index in [1.165, 1.54) is 0 Å². The average Bonchev–Trinajstić information content (AvgIpc) is 2.28. The summed E-state index contributed by atoms with van der Waals surface area (Å²) in [5.41, 5.74) is 7.79. The number of hydrogen-bond acceptors (Lipinski definition) is 3. The zero-order valence-electron chi connectivity index (χ0n) is 10.2. The van der Waals surface area contributed by atoms with Crippen molar-refractivity contribution >= 4 is 23.4 Å². The second-order valence-corrected chi connectivity index (χ2v) is 3.97. The number of carboxylic acids is 1. The van der Waals surface area contributed by atoms with Crippen molar-refractivity contribution in [3.05, 3.63) is 23.8 Å². The number of rotatable bonds is 5. The van der Waals surface area contributed by atoms with E-state index < -0.39 is 12.0 Å². The lowest BCUT2D eigenvalue weighted by Crippen LogP contribution is -2.30. The highest BCUT2D eigenvalue weighted by molar-refractivity contribution is 5.92. The van der Waals surface area contributed by atoms with Crippen molar-refractivity contribution in [3.8, 4) is 0 Å². The molecule has 6 nitrogen and oxygen atoms in total. The van der Waals surface area contributed by atoms with Crippen LogP contribution in [0.2, 0.25) is 0 Å². The standard InChI is InChI=1S/C12H17N3O3/c1-8-4-5-10(9(13)7-8)15-12(18)14-6-2-3-11(16)17/h4-5,7H,2-3,6,13H2,1H3,(H,16,17)(H2,14,15,18). The van der Waals surface area contributed by atoms with Crippen LogP contribution in [0.5, 0.6) is 0 Å². The summed E-state index contributed by atoms with van der Waals surface area (Å²) in [6.45, 7) is 2.22. The van der Waals surface area contributed by atoms with Crippen LogP contribution in [0.25, 0.3) is 0 Å². The summed E-state index contributed by atoms with van der Waals surface area (Å²) in [5.74, 6) is -0.875. The van der Waals surface area contributed by atoms with Crippen LogP contribution in [0.3, 0.4) is 0 Å². The Morgan fingerprint density at radius 1 is 1.39 bits per heavy atom. The molecule has 0 saturated carbocycles. The summed E-state index contributed by atoms with van der Waals surface area (Å²) in [6, 6.07) is 4.94. The van der Waals surface area contributed by atoms with Gasteiger partial charge in [-0.05, 0) is 31.0 Å². The van der Waals surface area contributed by atoms with Gasteiger partial charge >= 0.3 is 12.0 Å². The largest absolute Gasteiger partial charge is 0.481 e. The number of hydrogen-bond donors (Lipinski definition) is 4. The number of carboxylic acid groups (broad SMARTS) is 1. The molecule has 0 heterocycles. The number of nitrogen functional groups attached to an aromatic ring is 1. The molecule has 0 radical (unpaired) electrons. The molecule has 0 fully saturated rings. The van der Waals surface area contributed by atoms with E-state index in [1.807, 2.05) is 13.0 Å². The van der Waals surface area contributed by atoms with Crippen LogP contribution in [0.15, 0.2) is 18.2 Å². The lowest BCUT2D eigenvalue weighted by Gasteiger charge is -2.09. The normalized spacial score (nSPS) is 9.83. The van der Waals surface area contributed by atoms with Crippen LogP contribution in [0.4, 0.5) is 16.2 Å². The van der Waals surface area contributed by atoms with E-state index in [-0.39, 0.29) is 6.42 Å². The van der Waals surface area contributed by atoms with Gasteiger partial charge in [0.25, 0.3) is 0 Å². The maximum Gasteiger partial charge on any atom is 0.319 e. The van der Waals surface area contributed by atoms with Gasteiger partial charge in [-0.1, -0.05) is 6.07 Å². The number of aryl methyl sites for hydroxylation is 1. The van der Waals surface area contributed by atoms with Gasteiger partial charge in [0.1, 0.15) is 0 Å². The van der Waals surface area contributed by atoms with Crippen LogP contribution in [-0.4, -0.2) is 23.7 Å². The van der Waals surface area contributed by atoms with Crippen molar-refractivity contribution in [1.82, 2.24) is 5.32 Å². The molecule has 0 bridgehead atoms. The van der Waals surface area contributed by atoms with Crippen LogP contribution in [0, 0.1) is 6.92 Å². The Morgan fingerprint density at radius 2 is 2.11 bits per heavy atom. The van der Waals surface area contributed by atoms with Crippen molar-refractivity contribution in [3.63, 3.8) is 0 Å². The second kappa shape index (κ2) is 6.48. The smallest absolute Gasteiger partial charge is 0.319 e. The fourth-order valence-electron chi connectivity index (χ4n) is 1.40. The molecule has 1 rings (SSSR count). The third-order valence-electron chi connectivity index (χ3n) is 2.31. The second-order valence-electron chi connectivity index (χ2n) is 3.97. The molecule has 0 spiro atoms. The summed E-state index contributed by atoms with van der Waals surface area (Å²) in [4.78, 5) is 21.7. The highest BCUT2D eigenvalue weighted by Crippen LogP contribution is 2.18. The summed E-state index contributed by atoms with van der Waals surface area (Å²) in [7, 11) is 0. The number of urea groups is 1. The molecular weight excluding hydrogens is 234 g/mol. The van der Waals surface area contributed by atoms with E-state index >= 15 is 0 Å². The molecule has 0 aliphatic heterocycles. The molecule has 0 atom stereocenters. The first-order chi connectivity index (χ1) is 8.49. The first-order valence-corrected chi connectivity index (χ1v) is 5.62. The molecule has 0 unspecified atom stereocenters. The zero-order valence-corrected chi connectivity index (χ0v) is 10.2. The van der Waals surface area contributed by atoms with Crippen LogP contribution < -0.4 is 16.4 Å². The first kappa shape index (κ1) is 13.8. The molecule has 98 valence electrons. The minimum Gasteiger partial charge on any atom is -0.481 e. The van der Waals surface area contributed by atoms with Gasteiger partial charge in [-0.3, -0.25) is 4.79 Å². The molecule has 0 aliphatic rings. The number of carbonyl (C=O) groups is 2. The lowest BCUT2D eigenvalue weighted by atomic mass is 10.2. The Balaban J connectivity index is 2.38. The highest BCUT2D eigenvalue weighted by atomic mass is 16.4. The predicted molar refractivity (Wildman–Crippen MR) is 69.5 cm³/mol. The van der Waals surface area contributed by atoms with Crippen molar-refractivity contribution in [2.24, 2.45) is 0 Å². The molecule has 18 heavy (non-hydrogen) atoms. The van der Waals surface area contributed by atoms with Gasteiger partial charge in [0, 0.05) is 13.0 Å². The third kappa shape index (κ3) is 4.73. The zero-order chi connectivity index (χ0) is 13.5. The van der Waals surface area contributed by atoms with Gasteiger partial charge < -0.3 is 21.5 Å². The monoisotopic (exact) mass is 251 g/mol. The summed E-state index contributed by atoms with van der Waals surface area (Å²) < 4.78 is 0. The van der Waals surface area contributed by atoms with Gasteiger partial charge in [-0.25, -0.2) is 4.79 Å². The highest BCUT2D eigenvalue weighted by Gasteiger charge is 2.04. The molecule has 1 aromatic rings. The van der Waals surface area contributed by atoms with Crippen molar-refractivity contribution in [2.45, 2.75) is 19.8 Å². The fourth-order valence-corrected chi connectivity index (χ4v) is 1.40. The number of anilines is 2. The molecule has 6 heteroatoms. The minimum absolute atomic E-state index is 0.0347. The average molecular weight is 251 g/mol. The Labute approximate surface area is 105 Å². The Hall–Kier alpha value is -2.24. The van der Waals surface area contributed by atoms with Crippen molar-refractivity contribution in [2.75, 3.05) is 17.6 Å². The van der Waals surface area contributed by atoms with Gasteiger partial charge in [0.15, 0.2) is 0 Å². The van der Waals surface area contributed by atoms with E-state index in [2.05, 4.69) is 10.6 Å². The Bertz CT molecular complexity index is 446. The predicted octanol–water partition coefficient (Wildman–Crippen LogP) is 1.56. The van der Waals surface area contributed by atoms with Gasteiger partial charge in [-0.15, -0.1) is 0 Å². The summed E-state index contributed by atoms with van der Waals surface area (Å²) in [5, 5.41) is 13.6. The molecule has 0 aliphatic carbocycles. The Kier molecular flexibility index (Phi) is 4.98. The van der Waals surface area contributed by atoms with E-state index in [0.717, 1.165) is 5.56 Å². The number of benzene rings is 1. The number of amides is 2. The van der Waals surface area contributed by atoms with Gasteiger partial charge in [-0.2, -0.15) is 0 Å². The van der Waals surface area contributed by atoms with Gasteiger partial charge in [0.2, 0.25) is 0 Å². The number of nitrogens with one attached hydrogen (secondary N) is 2. The van der Waals surface area contributed by atoms with Gasteiger partial charge in [0.05, 0.1) is 11.4 Å². The number of aliphatic carboxylic acids is 1. The molecule has 0 aromatic heterocycles. The fraction of sp³-hybridized carbons (Fsp3) is 0.333. The van der Waals surface area contributed by atoms with E-state index in [4.69, 9.17) is 10.8 Å². The summed E-state index contributed by atoms with van der Waals surface area (Å²) in [6.07, 6.45) is 0.430. The van der Waals surface area contributed by atoms with Crippen LogP contribution in [-0.2, 0) is 4.79 Å². The SMILES string of the molecule is Cc1ccc(NC(=O)NCCCC(=O)O)c(N)c1. The van der Waals surface area contributed by atoms with Crippen molar-refractivity contribution < 1.29 is 14.7 Å². The minimum atomic E-state index is -0.875. The van der Waals surface area contributed by atoms with Crippen molar-refractivity contribution in [1.29, 1.82) is 0 Å². The van der Waals surface area contributed by atoms with E-state index in [0.29, 0.717) is 24.3 Å². The maximum absolute atomic E-state index is 11.5. The quantitative estimate of drug-likeness (QED) is 0.471. The Morgan fingerprint density at radius 3 is 2.72 bits per heavy atom. The van der Waals surface area contributed by atoms with E-state index in [9.17, 15) is 9.59 Å². The summed E-state index contributed by atoms with van der Waals surface area (Å²) >= 11 is 0. The third-order valence-corrected chi connectivity index (χ3v) is 2.31.